The fourth-order valence-electron chi connectivity index (χ4n) is 3.12. The van der Waals surface area contributed by atoms with Crippen molar-refractivity contribution in [2.75, 3.05) is 6.54 Å². The normalized spacial score (nSPS) is 29.8. The van der Waals surface area contributed by atoms with Crippen molar-refractivity contribution in [1.29, 1.82) is 0 Å². The van der Waals surface area contributed by atoms with E-state index in [1.54, 1.807) is 6.92 Å². The third kappa shape index (κ3) is 3.25. The Morgan fingerprint density at radius 1 is 1.44 bits per heavy atom. The van der Waals surface area contributed by atoms with Crippen LogP contribution in [0.15, 0.2) is 0 Å². The number of amides is 1. The van der Waals surface area contributed by atoms with Crippen LogP contribution in [0.2, 0.25) is 0 Å². The molecule has 0 radical (unpaired) electrons. The fraction of sp³-hybridized carbons (Fsp3) is 0.933. The number of aliphatic hydroxyl groups excluding tert-OH is 1. The summed E-state index contributed by atoms with van der Waals surface area (Å²) in [7, 11) is 0. The smallest absolute Gasteiger partial charge is 0.219 e. The van der Waals surface area contributed by atoms with Crippen LogP contribution >= 0.6 is 0 Å². The summed E-state index contributed by atoms with van der Waals surface area (Å²) < 4.78 is 0. The number of carbonyl (C=O) groups is 1. The van der Waals surface area contributed by atoms with E-state index >= 15 is 0 Å². The average Bonchev–Trinajstić information content (AvgIpc) is 2.35. The molecule has 0 saturated carbocycles. The van der Waals surface area contributed by atoms with Crippen molar-refractivity contribution in [2.45, 2.75) is 66.0 Å². The highest BCUT2D eigenvalue weighted by Crippen LogP contribution is 2.31. The maximum Gasteiger partial charge on any atom is 0.219 e. The van der Waals surface area contributed by atoms with E-state index in [0.717, 1.165) is 25.8 Å². The van der Waals surface area contributed by atoms with Gasteiger partial charge in [-0.15, -0.1) is 0 Å². The van der Waals surface area contributed by atoms with Crippen LogP contribution in [0.4, 0.5) is 0 Å². The highest BCUT2D eigenvalue weighted by atomic mass is 16.3. The Balaban J connectivity index is 2.83. The molecule has 1 heterocycles. The van der Waals surface area contributed by atoms with E-state index in [2.05, 4.69) is 27.7 Å². The van der Waals surface area contributed by atoms with Crippen molar-refractivity contribution < 1.29 is 9.90 Å². The molecule has 0 aromatic heterocycles. The monoisotopic (exact) mass is 255 g/mol. The van der Waals surface area contributed by atoms with Crippen LogP contribution in [0.5, 0.6) is 0 Å². The molecule has 0 aromatic carbocycles. The minimum Gasteiger partial charge on any atom is -0.391 e. The second kappa shape index (κ2) is 6.55. The Labute approximate surface area is 112 Å². The average molecular weight is 255 g/mol. The molecule has 1 aliphatic rings. The van der Waals surface area contributed by atoms with Crippen LogP contribution in [0.25, 0.3) is 0 Å². The first-order chi connectivity index (χ1) is 8.40. The van der Waals surface area contributed by atoms with Crippen molar-refractivity contribution >= 4 is 5.91 Å². The highest BCUT2D eigenvalue weighted by molar-refractivity contribution is 5.73. The third-order valence-electron chi connectivity index (χ3n) is 4.84. The number of piperidine rings is 1. The molecule has 0 spiro atoms. The number of likely N-dealkylation sites (tertiary alicyclic amines) is 1. The predicted octanol–water partition coefficient (Wildman–Crippen LogP) is 2.68. The minimum absolute atomic E-state index is 0.000231. The molecule has 5 atom stereocenters. The lowest BCUT2D eigenvalue weighted by atomic mass is 9.78. The molecule has 1 saturated heterocycles. The minimum atomic E-state index is -0.404. The van der Waals surface area contributed by atoms with Crippen molar-refractivity contribution in [3.8, 4) is 0 Å². The van der Waals surface area contributed by atoms with Gasteiger partial charge in [0.1, 0.15) is 0 Å². The van der Waals surface area contributed by atoms with Gasteiger partial charge in [0.05, 0.1) is 12.1 Å². The summed E-state index contributed by atoms with van der Waals surface area (Å²) >= 11 is 0. The van der Waals surface area contributed by atoms with Gasteiger partial charge in [-0.25, -0.2) is 0 Å². The quantitative estimate of drug-likeness (QED) is 0.839. The zero-order valence-electron chi connectivity index (χ0n) is 12.5. The molecule has 18 heavy (non-hydrogen) atoms. The van der Waals surface area contributed by atoms with Crippen LogP contribution in [0, 0.1) is 17.8 Å². The van der Waals surface area contributed by atoms with Crippen LogP contribution in [-0.4, -0.2) is 34.6 Å². The van der Waals surface area contributed by atoms with E-state index in [1.807, 2.05) is 4.90 Å². The first-order valence-corrected chi connectivity index (χ1v) is 7.35. The van der Waals surface area contributed by atoms with E-state index < -0.39 is 6.10 Å². The molecule has 0 bridgehead atoms. The Morgan fingerprint density at radius 2 is 2.06 bits per heavy atom. The molecule has 1 amide bonds. The summed E-state index contributed by atoms with van der Waals surface area (Å²) in [4.78, 5) is 13.6. The van der Waals surface area contributed by atoms with Gasteiger partial charge in [-0.05, 0) is 30.6 Å². The molecular formula is C15H29NO2. The van der Waals surface area contributed by atoms with E-state index in [-0.39, 0.29) is 17.9 Å². The number of hydrogen-bond acceptors (Lipinski definition) is 2. The molecule has 3 nitrogen and oxygen atoms in total. The van der Waals surface area contributed by atoms with E-state index in [0.29, 0.717) is 11.8 Å². The molecule has 3 heteroatoms. The van der Waals surface area contributed by atoms with Crippen LogP contribution in [-0.2, 0) is 4.79 Å². The molecule has 1 aliphatic heterocycles. The first kappa shape index (κ1) is 15.5. The Bertz CT molecular complexity index is 280. The summed E-state index contributed by atoms with van der Waals surface area (Å²) in [6.45, 7) is 11.0. The summed E-state index contributed by atoms with van der Waals surface area (Å²) in [6.07, 6.45) is 2.83. The van der Waals surface area contributed by atoms with Crippen molar-refractivity contribution in [3.63, 3.8) is 0 Å². The lowest BCUT2D eigenvalue weighted by Crippen LogP contribution is -2.55. The highest BCUT2D eigenvalue weighted by Gasteiger charge is 2.38. The fourth-order valence-corrected chi connectivity index (χ4v) is 3.12. The lowest BCUT2D eigenvalue weighted by Gasteiger charge is -2.44. The Kier molecular flexibility index (Phi) is 5.64. The van der Waals surface area contributed by atoms with Crippen LogP contribution in [0.3, 0.4) is 0 Å². The molecule has 1 N–H and O–H groups in total. The van der Waals surface area contributed by atoms with Gasteiger partial charge in [0.15, 0.2) is 0 Å². The Hall–Kier alpha value is -0.570. The van der Waals surface area contributed by atoms with Gasteiger partial charge in [-0.2, -0.15) is 0 Å². The molecule has 1 fully saturated rings. The van der Waals surface area contributed by atoms with Gasteiger partial charge >= 0.3 is 0 Å². The summed E-state index contributed by atoms with van der Waals surface area (Å²) in [5.74, 6) is 1.22. The van der Waals surface area contributed by atoms with Gasteiger partial charge in [0.2, 0.25) is 5.91 Å². The molecule has 3 unspecified atom stereocenters. The number of carbonyl (C=O) groups excluding carboxylic acids is 1. The van der Waals surface area contributed by atoms with Gasteiger partial charge < -0.3 is 10.0 Å². The maximum atomic E-state index is 11.7. The number of aliphatic hydroxyl groups is 1. The lowest BCUT2D eigenvalue weighted by molar-refractivity contribution is -0.140. The third-order valence-corrected chi connectivity index (χ3v) is 4.84. The SMILES string of the molecule is CCC(C)C(C)C(O)[C@H]1[C@@H](C)CCCN1C(C)=O. The Morgan fingerprint density at radius 3 is 2.56 bits per heavy atom. The first-order valence-electron chi connectivity index (χ1n) is 7.35. The van der Waals surface area contributed by atoms with Crippen LogP contribution < -0.4 is 0 Å². The van der Waals surface area contributed by atoms with Gasteiger partial charge in [0.25, 0.3) is 0 Å². The number of nitrogens with zero attached hydrogens (tertiary/aromatic N) is 1. The second-order valence-corrected chi connectivity index (χ2v) is 6.06. The van der Waals surface area contributed by atoms with Gasteiger partial charge in [-0.1, -0.05) is 34.1 Å². The number of hydrogen-bond donors (Lipinski definition) is 1. The summed E-state index contributed by atoms with van der Waals surface area (Å²) in [5.41, 5.74) is 0. The zero-order valence-corrected chi connectivity index (χ0v) is 12.5. The van der Waals surface area contributed by atoms with Crippen molar-refractivity contribution in [3.05, 3.63) is 0 Å². The van der Waals surface area contributed by atoms with Gasteiger partial charge in [-0.3, -0.25) is 4.79 Å². The van der Waals surface area contributed by atoms with E-state index in [1.165, 1.54) is 0 Å². The van der Waals surface area contributed by atoms with Crippen LogP contribution in [0.1, 0.15) is 53.9 Å². The van der Waals surface area contributed by atoms with E-state index in [9.17, 15) is 9.90 Å². The van der Waals surface area contributed by atoms with Crippen molar-refractivity contribution in [2.24, 2.45) is 17.8 Å². The molecular weight excluding hydrogens is 226 g/mol. The summed E-state index contributed by atoms with van der Waals surface area (Å²) in [6, 6.07) is 0.000231. The molecule has 106 valence electrons. The standard InChI is InChI=1S/C15H29NO2/c1-6-10(2)12(4)15(18)14-11(3)8-7-9-16(14)13(5)17/h10-12,14-15,18H,6-9H2,1-5H3/t10?,11-,12?,14+,15?/m0/s1. The predicted molar refractivity (Wildman–Crippen MR) is 74.2 cm³/mol. The molecule has 1 rings (SSSR count). The second-order valence-electron chi connectivity index (χ2n) is 6.06. The zero-order chi connectivity index (χ0) is 13.9. The number of rotatable bonds is 4. The topological polar surface area (TPSA) is 40.5 Å². The largest absolute Gasteiger partial charge is 0.391 e. The molecule has 0 aliphatic carbocycles. The van der Waals surface area contributed by atoms with Crippen molar-refractivity contribution in [1.82, 2.24) is 4.90 Å². The van der Waals surface area contributed by atoms with Gasteiger partial charge in [0, 0.05) is 13.5 Å². The summed E-state index contributed by atoms with van der Waals surface area (Å²) in [5, 5.41) is 10.6. The van der Waals surface area contributed by atoms with E-state index in [4.69, 9.17) is 0 Å². The molecule has 0 aromatic rings. The maximum absolute atomic E-state index is 11.7.